The second kappa shape index (κ2) is 7.96. The molecule has 5 nitrogen and oxygen atoms in total. The Kier molecular flexibility index (Phi) is 5.06. The number of nitrogens with zero attached hydrogens (tertiary/aromatic N) is 1. The number of carbonyl (C=O) groups excluding carboxylic acids is 1. The molecule has 0 fully saturated rings. The molecule has 0 aliphatic rings. The van der Waals surface area contributed by atoms with E-state index in [2.05, 4.69) is 45.0 Å². The van der Waals surface area contributed by atoms with Crippen molar-refractivity contribution in [1.29, 1.82) is 0 Å². The van der Waals surface area contributed by atoms with Crippen molar-refractivity contribution in [1.82, 2.24) is 9.97 Å². The van der Waals surface area contributed by atoms with Gasteiger partial charge in [-0.2, -0.15) is 0 Å². The topological polar surface area (TPSA) is 69.8 Å². The Balaban J connectivity index is 1.33. The van der Waals surface area contributed by atoms with E-state index >= 15 is 0 Å². The monoisotopic (exact) mass is 370 g/mol. The maximum atomic E-state index is 12.4. The highest BCUT2D eigenvalue weighted by atomic mass is 16.1. The van der Waals surface area contributed by atoms with Crippen LogP contribution in [0.3, 0.4) is 0 Å². The smallest absolute Gasteiger partial charge is 0.255 e. The summed E-state index contributed by atoms with van der Waals surface area (Å²) in [5.74, 6) is 0.661. The third kappa shape index (κ3) is 3.88. The van der Waals surface area contributed by atoms with E-state index in [1.165, 1.54) is 10.9 Å². The summed E-state index contributed by atoms with van der Waals surface area (Å²) >= 11 is 0. The van der Waals surface area contributed by atoms with E-state index in [1.807, 2.05) is 49.4 Å². The molecule has 2 heterocycles. The fraction of sp³-hybridized carbons (Fsp3) is 0.130. The molecule has 2 aromatic heterocycles. The molecule has 28 heavy (non-hydrogen) atoms. The normalized spacial score (nSPS) is 10.8. The number of para-hydroxylation sites is 1. The molecule has 5 heteroatoms. The minimum absolute atomic E-state index is 0.125. The molecule has 0 saturated heterocycles. The van der Waals surface area contributed by atoms with Gasteiger partial charge in [-0.1, -0.05) is 36.4 Å². The van der Waals surface area contributed by atoms with Crippen molar-refractivity contribution in [3.8, 4) is 0 Å². The number of amides is 1. The van der Waals surface area contributed by atoms with E-state index in [-0.39, 0.29) is 5.91 Å². The lowest BCUT2D eigenvalue weighted by Crippen LogP contribution is -2.13. The largest absolute Gasteiger partial charge is 0.370 e. The molecule has 0 atom stereocenters. The Bertz CT molecular complexity index is 1100. The minimum atomic E-state index is -0.125. The lowest BCUT2D eigenvalue weighted by Gasteiger charge is -2.09. The fourth-order valence-electron chi connectivity index (χ4n) is 3.26. The molecule has 0 radical (unpaired) electrons. The number of aromatic amines is 1. The van der Waals surface area contributed by atoms with E-state index in [0.29, 0.717) is 11.3 Å². The van der Waals surface area contributed by atoms with Crippen molar-refractivity contribution in [2.45, 2.75) is 13.3 Å². The summed E-state index contributed by atoms with van der Waals surface area (Å²) in [6, 6.07) is 19.6. The van der Waals surface area contributed by atoms with Gasteiger partial charge in [-0.15, -0.1) is 0 Å². The molecule has 0 saturated carbocycles. The highest BCUT2D eigenvalue weighted by molar-refractivity contribution is 6.05. The van der Waals surface area contributed by atoms with Crippen molar-refractivity contribution in [3.05, 3.63) is 89.7 Å². The molecule has 2 aromatic carbocycles. The Morgan fingerprint density at radius 1 is 1.04 bits per heavy atom. The number of nitrogens with one attached hydrogen (secondary N) is 3. The number of hydrogen-bond donors (Lipinski definition) is 3. The molecule has 4 rings (SSSR count). The fourth-order valence-corrected chi connectivity index (χ4v) is 3.26. The zero-order chi connectivity index (χ0) is 19.3. The van der Waals surface area contributed by atoms with Gasteiger partial charge in [0.15, 0.2) is 0 Å². The van der Waals surface area contributed by atoms with Crippen LogP contribution < -0.4 is 10.6 Å². The van der Waals surface area contributed by atoms with Gasteiger partial charge in [-0.25, -0.2) is 4.98 Å². The number of aromatic nitrogens is 2. The Morgan fingerprint density at radius 2 is 1.86 bits per heavy atom. The minimum Gasteiger partial charge on any atom is -0.370 e. The molecule has 140 valence electrons. The summed E-state index contributed by atoms with van der Waals surface area (Å²) in [5, 5.41) is 7.48. The number of H-pyrrole nitrogens is 1. The highest BCUT2D eigenvalue weighted by Crippen LogP contribution is 2.18. The molecule has 1 amide bonds. The SMILES string of the molecule is Cc1ccccc1C(=O)Nc1ccc(NCCc2c[nH]c3ccccc23)nc1. The number of hydrogen-bond acceptors (Lipinski definition) is 3. The molecule has 3 N–H and O–H groups in total. The highest BCUT2D eigenvalue weighted by Gasteiger charge is 2.08. The van der Waals surface area contributed by atoms with Crippen LogP contribution >= 0.6 is 0 Å². The average molecular weight is 370 g/mol. The number of rotatable bonds is 6. The first-order chi connectivity index (χ1) is 13.7. The van der Waals surface area contributed by atoms with E-state index < -0.39 is 0 Å². The van der Waals surface area contributed by atoms with Gasteiger partial charge >= 0.3 is 0 Å². The van der Waals surface area contributed by atoms with Gasteiger partial charge in [0.1, 0.15) is 5.82 Å². The van der Waals surface area contributed by atoms with Crippen LogP contribution in [0.25, 0.3) is 10.9 Å². The predicted molar refractivity (Wildman–Crippen MR) is 114 cm³/mol. The van der Waals surface area contributed by atoms with Crippen LogP contribution in [0.4, 0.5) is 11.5 Å². The number of carbonyl (C=O) groups is 1. The molecule has 0 unspecified atom stereocenters. The van der Waals surface area contributed by atoms with E-state index in [0.717, 1.165) is 29.9 Å². The summed E-state index contributed by atoms with van der Waals surface area (Å²) in [5.41, 5.74) is 4.73. The van der Waals surface area contributed by atoms with Crippen molar-refractivity contribution < 1.29 is 4.79 Å². The first-order valence-electron chi connectivity index (χ1n) is 9.32. The lowest BCUT2D eigenvalue weighted by molar-refractivity contribution is 0.102. The second-order valence-electron chi connectivity index (χ2n) is 6.74. The number of anilines is 2. The van der Waals surface area contributed by atoms with E-state index in [9.17, 15) is 4.79 Å². The summed E-state index contributed by atoms with van der Waals surface area (Å²) in [4.78, 5) is 20.1. The number of aryl methyl sites for hydroxylation is 1. The average Bonchev–Trinajstić information content (AvgIpc) is 3.13. The molecule has 0 aliphatic heterocycles. The van der Waals surface area contributed by atoms with Crippen LogP contribution in [0.15, 0.2) is 73.1 Å². The van der Waals surface area contributed by atoms with Gasteiger partial charge in [0.05, 0.1) is 11.9 Å². The molecular weight excluding hydrogens is 348 g/mol. The van der Waals surface area contributed by atoms with Crippen LogP contribution in [0.2, 0.25) is 0 Å². The summed E-state index contributed by atoms with van der Waals surface area (Å²) < 4.78 is 0. The van der Waals surface area contributed by atoms with Gasteiger partial charge in [0.25, 0.3) is 5.91 Å². The van der Waals surface area contributed by atoms with Crippen LogP contribution in [-0.2, 0) is 6.42 Å². The van der Waals surface area contributed by atoms with Crippen molar-refractivity contribution in [3.63, 3.8) is 0 Å². The van der Waals surface area contributed by atoms with E-state index in [1.54, 1.807) is 6.20 Å². The van der Waals surface area contributed by atoms with Crippen LogP contribution in [0, 0.1) is 6.92 Å². The first-order valence-corrected chi connectivity index (χ1v) is 9.32. The van der Waals surface area contributed by atoms with Crippen LogP contribution in [-0.4, -0.2) is 22.4 Å². The zero-order valence-electron chi connectivity index (χ0n) is 15.7. The Hall–Kier alpha value is -3.60. The van der Waals surface area contributed by atoms with Crippen LogP contribution in [0.5, 0.6) is 0 Å². The van der Waals surface area contributed by atoms with Crippen molar-refractivity contribution in [2.75, 3.05) is 17.2 Å². The van der Waals surface area contributed by atoms with E-state index in [4.69, 9.17) is 0 Å². The molecule has 0 bridgehead atoms. The number of benzene rings is 2. The quantitative estimate of drug-likeness (QED) is 0.457. The lowest BCUT2D eigenvalue weighted by atomic mass is 10.1. The number of fused-ring (bicyclic) bond motifs is 1. The Morgan fingerprint density at radius 3 is 2.68 bits per heavy atom. The summed E-state index contributed by atoms with van der Waals surface area (Å²) in [6.07, 6.45) is 4.63. The van der Waals surface area contributed by atoms with Gasteiger partial charge in [-0.05, 0) is 48.7 Å². The summed E-state index contributed by atoms with van der Waals surface area (Å²) in [7, 11) is 0. The van der Waals surface area contributed by atoms with Crippen molar-refractivity contribution in [2.24, 2.45) is 0 Å². The summed E-state index contributed by atoms with van der Waals surface area (Å²) in [6.45, 7) is 2.71. The third-order valence-corrected chi connectivity index (χ3v) is 4.79. The van der Waals surface area contributed by atoms with Crippen molar-refractivity contribution >= 4 is 28.3 Å². The maximum absolute atomic E-state index is 12.4. The molecular formula is C23H22N4O. The third-order valence-electron chi connectivity index (χ3n) is 4.79. The van der Waals surface area contributed by atoms with Gasteiger partial charge in [0.2, 0.25) is 0 Å². The zero-order valence-corrected chi connectivity index (χ0v) is 15.7. The first kappa shape index (κ1) is 17.8. The molecule has 0 spiro atoms. The molecule has 4 aromatic rings. The number of pyridine rings is 1. The van der Waals surface area contributed by atoms with Gasteiger partial charge in [0, 0.05) is 29.2 Å². The second-order valence-corrected chi connectivity index (χ2v) is 6.74. The Labute approximate surface area is 163 Å². The maximum Gasteiger partial charge on any atom is 0.255 e. The van der Waals surface area contributed by atoms with Crippen LogP contribution in [0.1, 0.15) is 21.5 Å². The standard InChI is InChI=1S/C23H22N4O/c1-16-6-2-3-7-19(16)23(28)27-18-10-11-22(26-15-18)24-13-12-17-14-25-21-9-5-4-8-20(17)21/h2-11,14-15,25H,12-13H2,1H3,(H,24,26)(H,27,28). The predicted octanol–water partition coefficient (Wildman–Crippen LogP) is 4.78. The van der Waals surface area contributed by atoms with Gasteiger partial charge < -0.3 is 15.6 Å². The molecule has 0 aliphatic carbocycles. The van der Waals surface area contributed by atoms with Gasteiger partial charge in [-0.3, -0.25) is 4.79 Å².